The molecule has 0 saturated heterocycles. The van der Waals surface area contributed by atoms with E-state index in [1.807, 2.05) is 0 Å². The van der Waals surface area contributed by atoms with Crippen LogP contribution in [0.4, 0.5) is 0 Å². The first-order chi connectivity index (χ1) is 50.9. The minimum absolute atomic E-state index is 0.108. The monoisotopic (exact) mass is 1540 g/mol. The van der Waals surface area contributed by atoms with Crippen LogP contribution in [0.1, 0.15) is 459 Å². The van der Waals surface area contributed by atoms with E-state index in [0.717, 1.165) is 102 Å². The van der Waals surface area contributed by atoms with E-state index in [-0.39, 0.29) is 25.7 Å². The second-order valence-electron chi connectivity index (χ2n) is 31.9. The summed E-state index contributed by atoms with van der Waals surface area (Å²) in [6.45, 7) is 9.68. The van der Waals surface area contributed by atoms with Crippen molar-refractivity contribution in [1.82, 2.24) is 0 Å². The van der Waals surface area contributed by atoms with E-state index in [1.165, 1.54) is 276 Å². The summed E-state index contributed by atoms with van der Waals surface area (Å²) < 4.78 is 68.9. The van der Waals surface area contributed by atoms with Gasteiger partial charge in [-0.15, -0.1) is 0 Å². The number of unbranched alkanes of at least 4 members (excludes halogenated alkanes) is 55. The van der Waals surface area contributed by atoms with E-state index in [2.05, 4.69) is 41.5 Å². The van der Waals surface area contributed by atoms with Crippen molar-refractivity contribution in [2.24, 2.45) is 11.8 Å². The van der Waals surface area contributed by atoms with Crippen LogP contribution in [-0.2, 0) is 65.4 Å². The van der Waals surface area contributed by atoms with Gasteiger partial charge in [-0.05, 0) is 37.5 Å². The fourth-order valence-corrected chi connectivity index (χ4v) is 15.0. The van der Waals surface area contributed by atoms with E-state index in [4.69, 9.17) is 37.0 Å². The Morgan fingerprint density at radius 1 is 0.257 bits per heavy atom. The molecule has 0 spiro atoms. The van der Waals surface area contributed by atoms with Crippen LogP contribution in [0.15, 0.2) is 0 Å². The minimum Gasteiger partial charge on any atom is -0.462 e. The van der Waals surface area contributed by atoms with Crippen LogP contribution in [-0.4, -0.2) is 96.7 Å². The molecule has 0 bridgehead atoms. The molecule has 17 nitrogen and oxygen atoms in total. The van der Waals surface area contributed by atoms with Crippen molar-refractivity contribution in [3.63, 3.8) is 0 Å². The lowest BCUT2D eigenvalue weighted by Crippen LogP contribution is -2.30. The van der Waals surface area contributed by atoms with Gasteiger partial charge in [-0.1, -0.05) is 408 Å². The first-order valence-electron chi connectivity index (χ1n) is 44.5. The summed E-state index contributed by atoms with van der Waals surface area (Å²) in [5, 5.41) is 10.7. The first-order valence-corrected chi connectivity index (χ1v) is 47.5. The van der Waals surface area contributed by atoms with Gasteiger partial charge >= 0.3 is 39.5 Å². The van der Waals surface area contributed by atoms with Crippen LogP contribution in [0.3, 0.4) is 0 Å². The van der Waals surface area contributed by atoms with E-state index >= 15 is 0 Å². The van der Waals surface area contributed by atoms with Gasteiger partial charge in [0.05, 0.1) is 26.4 Å². The van der Waals surface area contributed by atoms with Gasteiger partial charge in [-0.3, -0.25) is 37.3 Å². The van der Waals surface area contributed by atoms with Gasteiger partial charge < -0.3 is 33.8 Å². The molecule has 19 heteroatoms. The van der Waals surface area contributed by atoms with Gasteiger partial charge in [0.25, 0.3) is 0 Å². The number of hydrogen-bond donors (Lipinski definition) is 3. The van der Waals surface area contributed by atoms with Gasteiger partial charge in [0.15, 0.2) is 12.2 Å². The van der Waals surface area contributed by atoms with Crippen LogP contribution >= 0.6 is 15.6 Å². The highest BCUT2D eigenvalue weighted by Crippen LogP contribution is 2.45. The molecule has 0 aliphatic carbocycles. The zero-order valence-electron chi connectivity index (χ0n) is 69.0. The molecule has 0 aromatic carbocycles. The topological polar surface area (TPSA) is 237 Å². The highest BCUT2D eigenvalue weighted by molar-refractivity contribution is 7.47. The maximum atomic E-state index is 13.1. The standard InChI is InChI=1S/C86H168O17P2/c1-7-9-11-13-15-17-19-21-23-24-25-26-27-28-30-36-40-46-53-59-65-71-86(91)102-81(74-96-83(88)68-62-56-50-44-38-34-32-31-33-37-42-48-54-60-66-78(3)4)76-100-104(92,93)98-72-80(87)73-99-105(94,95)101-77-82(75-97-84(89)69-63-57-51-47-41-43-49-55-61-67-79(5)6)103-85(90)70-64-58-52-45-39-35-29-22-20-18-16-14-12-10-8-2/h78-82,87H,7-77H2,1-6H3,(H,92,93)(H,94,95)/t80-,81-,82-/m1/s1. The minimum atomic E-state index is -4.97. The van der Waals surface area contributed by atoms with Crippen molar-refractivity contribution in [1.29, 1.82) is 0 Å². The van der Waals surface area contributed by atoms with Gasteiger partial charge in [-0.25, -0.2) is 9.13 Å². The Hall–Kier alpha value is -1.94. The summed E-state index contributed by atoms with van der Waals surface area (Å²) in [4.78, 5) is 73.2. The molecule has 2 unspecified atom stereocenters. The van der Waals surface area contributed by atoms with Crippen molar-refractivity contribution in [3.8, 4) is 0 Å². The van der Waals surface area contributed by atoms with Gasteiger partial charge in [-0.2, -0.15) is 0 Å². The molecule has 0 aliphatic heterocycles. The largest absolute Gasteiger partial charge is 0.472 e. The van der Waals surface area contributed by atoms with Gasteiger partial charge in [0.1, 0.15) is 19.3 Å². The SMILES string of the molecule is CCCCCCCCCCCCCCCCCCCCCCCC(=O)O[C@H](COC(=O)CCCCCCCCCCCCCCCCC(C)C)COP(=O)(O)OC[C@@H](O)COP(=O)(O)OC[C@@H](COC(=O)CCCCCCCCCCCC(C)C)OC(=O)CCCCCCCCCCCCCCCCC. The summed E-state index contributed by atoms with van der Waals surface area (Å²) in [5.74, 6) is -0.558. The van der Waals surface area contributed by atoms with Crippen LogP contribution in [0, 0.1) is 11.8 Å². The van der Waals surface area contributed by atoms with Crippen LogP contribution < -0.4 is 0 Å². The molecule has 3 N–H and O–H groups in total. The van der Waals surface area contributed by atoms with E-state index in [1.54, 1.807) is 0 Å². The average molecular weight is 1540 g/mol. The summed E-state index contributed by atoms with van der Waals surface area (Å²) in [6, 6.07) is 0. The second-order valence-corrected chi connectivity index (χ2v) is 34.8. The number of phosphoric acid groups is 2. The number of esters is 4. The highest BCUT2D eigenvalue weighted by atomic mass is 31.2. The Morgan fingerprint density at radius 2 is 0.438 bits per heavy atom. The number of aliphatic hydroxyl groups is 1. The van der Waals surface area contributed by atoms with Crippen LogP contribution in [0.25, 0.3) is 0 Å². The Balaban J connectivity index is 5.25. The number of carbonyl (C=O) groups excluding carboxylic acids is 4. The van der Waals surface area contributed by atoms with E-state index in [9.17, 15) is 43.2 Å². The third kappa shape index (κ3) is 79.9. The Morgan fingerprint density at radius 3 is 0.648 bits per heavy atom. The Bertz CT molecular complexity index is 2010. The molecule has 0 aromatic rings. The lowest BCUT2D eigenvalue weighted by Gasteiger charge is -2.21. The molecule has 0 aromatic heterocycles. The van der Waals surface area contributed by atoms with Gasteiger partial charge in [0, 0.05) is 25.7 Å². The van der Waals surface area contributed by atoms with Crippen molar-refractivity contribution < 1.29 is 80.2 Å². The van der Waals surface area contributed by atoms with Crippen molar-refractivity contribution >= 4 is 39.5 Å². The van der Waals surface area contributed by atoms with Crippen molar-refractivity contribution in [2.75, 3.05) is 39.6 Å². The molecule has 0 saturated carbocycles. The Labute approximate surface area is 645 Å². The van der Waals surface area contributed by atoms with Crippen molar-refractivity contribution in [3.05, 3.63) is 0 Å². The molecular weight excluding hydrogens is 1370 g/mol. The number of hydrogen-bond acceptors (Lipinski definition) is 15. The van der Waals surface area contributed by atoms with Crippen molar-refractivity contribution in [2.45, 2.75) is 477 Å². The molecule has 0 heterocycles. The molecule has 105 heavy (non-hydrogen) atoms. The highest BCUT2D eigenvalue weighted by Gasteiger charge is 2.30. The first kappa shape index (κ1) is 103. The third-order valence-corrected chi connectivity index (χ3v) is 22.1. The van der Waals surface area contributed by atoms with Crippen LogP contribution in [0.2, 0.25) is 0 Å². The lowest BCUT2D eigenvalue weighted by atomic mass is 10.0. The normalized spacial score (nSPS) is 13.8. The number of aliphatic hydroxyl groups excluding tert-OH is 1. The van der Waals surface area contributed by atoms with E-state index < -0.39 is 97.5 Å². The second kappa shape index (κ2) is 77.4. The van der Waals surface area contributed by atoms with E-state index in [0.29, 0.717) is 25.7 Å². The number of ether oxygens (including phenoxy) is 4. The predicted octanol–water partition coefficient (Wildman–Crippen LogP) is 26.2. The molecule has 5 atom stereocenters. The molecule has 0 rings (SSSR count). The summed E-state index contributed by atoms with van der Waals surface area (Å²) in [7, 11) is -9.93. The summed E-state index contributed by atoms with van der Waals surface area (Å²) >= 11 is 0. The number of phosphoric ester groups is 2. The maximum Gasteiger partial charge on any atom is 0.472 e. The average Bonchev–Trinajstić information content (AvgIpc) is 0.908. The smallest absolute Gasteiger partial charge is 0.462 e. The summed E-state index contributed by atoms with van der Waals surface area (Å²) in [5.41, 5.74) is 0. The molecule has 0 amide bonds. The number of carbonyl (C=O) groups is 4. The Kier molecular flexibility index (Phi) is 76.0. The van der Waals surface area contributed by atoms with Crippen LogP contribution in [0.5, 0.6) is 0 Å². The zero-order valence-corrected chi connectivity index (χ0v) is 70.8. The fraction of sp³-hybridized carbons (Fsp3) is 0.953. The molecule has 624 valence electrons. The molecule has 0 radical (unpaired) electrons. The molecule has 0 aliphatic rings. The number of rotatable bonds is 85. The fourth-order valence-electron chi connectivity index (χ4n) is 13.4. The van der Waals surface area contributed by atoms with Gasteiger partial charge in [0.2, 0.25) is 0 Å². The maximum absolute atomic E-state index is 13.1. The molecular formula is C86H168O17P2. The quantitative estimate of drug-likeness (QED) is 0.0222. The lowest BCUT2D eigenvalue weighted by molar-refractivity contribution is -0.161. The zero-order chi connectivity index (χ0) is 77.1. The summed E-state index contributed by atoms with van der Waals surface area (Å²) in [6.07, 6.45) is 69.4. The third-order valence-electron chi connectivity index (χ3n) is 20.2. The molecule has 0 fully saturated rings. The predicted molar refractivity (Wildman–Crippen MR) is 432 cm³/mol.